The third kappa shape index (κ3) is 4.34. The van der Waals surface area contributed by atoms with Gasteiger partial charge in [-0.2, -0.15) is 0 Å². The number of allylic oxidation sites excluding steroid dienone is 1. The quantitative estimate of drug-likeness (QED) is 0.288. The molecular weight excluding hydrogens is 464 g/mol. The second-order valence-corrected chi connectivity index (χ2v) is 15.1. The molecule has 4 rings (SSSR count). The van der Waals surface area contributed by atoms with Crippen LogP contribution in [0.3, 0.4) is 0 Å². The summed E-state index contributed by atoms with van der Waals surface area (Å²) < 4.78 is 5.83. The largest absolute Gasteiger partial charge is 0.462 e. The van der Waals surface area contributed by atoms with Gasteiger partial charge in [0.2, 0.25) is 0 Å². The standard InChI is InChI=1S/C32H54O5/c1-19(10-13-25(34)29(5,6)36)21-14-17-31(8)22-11-12-24-28(3,4)27(37-20(2)33)15-16-30(24,7)23(22)18-26(35)32(21,31)9/h19,21,24-27,34-36H,10-18H2,1-9H3/t19-,21-,24+,25+,26-,27+,30-,31+,32+/m1/s1. The molecule has 5 heteroatoms. The van der Waals surface area contributed by atoms with E-state index in [9.17, 15) is 20.1 Å². The summed E-state index contributed by atoms with van der Waals surface area (Å²) in [7, 11) is 0. The molecule has 2 saturated carbocycles. The summed E-state index contributed by atoms with van der Waals surface area (Å²) in [4.78, 5) is 11.8. The van der Waals surface area contributed by atoms with Crippen LogP contribution >= 0.6 is 0 Å². The number of carbonyl (C=O) groups excluding carboxylic acids is 1. The molecule has 4 aliphatic carbocycles. The van der Waals surface area contributed by atoms with Crippen LogP contribution < -0.4 is 0 Å². The summed E-state index contributed by atoms with van der Waals surface area (Å²) in [6.07, 6.45) is 7.27. The van der Waals surface area contributed by atoms with E-state index in [1.165, 1.54) is 12.5 Å². The predicted octanol–water partition coefficient (Wildman–Crippen LogP) is 6.19. The van der Waals surface area contributed by atoms with Crippen LogP contribution in [0.5, 0.6) is 0 Å². The van der Waals surface area contributed by atoms with E-state index in [4.69, 9.17) is 4.74 Å². The number of rotatable bonds is 6. The Hall–Kier alpha value is -0.910. The molecule has 0 saturated heterocycles. The lowest BCUT2D eigenvalue weighted by Gasteiger charge is -2.63. The van der Waals surface area contributed by atoms with Gasteiger partial charge in [0.1, 0.15) is 6.10 Å². The molecular formula is C32H54O5. The van der Waals surface area contributed by atoms with Crippen LogP contribution in [0, 0.1) is 39.4 Å². The average molecular weight is 519 g/mol. The van der Waals surface area contributed by atoms with Gasteiger partial charge in [0, 0.05) is 17.8 Å². The van der Waals surface area contributed by atoms with Gasteiger partial charge >= 0.3 is 5.97 Å². The highest BCUT2D eigenvalue weighted by atomic mass is 16.5. The van der Waals surface area contributed by atoms with Crippen molar-refractivity contribution in [3.8, 4) is 0 Å². The zero-order valence-corrected chi connectivity index (χ0v) is 25.0. The Bertz CT molecular complexity index is 930. The Morgan fingerprint density at radius 3 is 2.30 bits per heavy atom. The molecule has 0 spiro atoms. The van der Waals surface area contributed by atoms with E-state index in [0.29, 0.717) is 24.2 Å². The summed E-state index contributed by atoms with van der Waals surface area (Å²) in [5.41, 5.74) is 1.74. The smallest absolute Gasteiger partial charge is 0.302 e. The van der Waals surface area contributed by atoms with Crippen molar-refractivity contribution in [2.45, 2.75) is 144 Å². The topological polar surface area (TPSA) is 87.0 Å². The van der Waals surface area contributed by atoms with Crippen LogP contribution in [-0.2, 0) is 9.53 Å². The summed E-state index contributed by atoms with van der Waals surface area (Å²) in [6, 6.07) is 0. The Morgan fingerprint density at radius 1 is 1.05 bits per heavy atom. The van der Waals surface area contributed by atoms with Crippen molar-refractivity contribution in [2.75, 3.05) is 0 Å². The number of ether oxygens (including phenoxy) is 1. The summed E-state index contributed by atoms with van der Waals surface area (Å²) in [6.45, 7) is 18.9. The lowest BCUT2D eigenvalue weighted by molar-refractivity contribution is -0.168. The first-order chi connectivity index (χ1) is 16.9. The van der Waals surface area contributed by atoms with E-state index in [0.717, 1.165) is 51.4 Å². The molecule has 212 valence electrons. The van der Waals surface area contributed by atoms with Crippen LogP contribution in [0.2, 0.25) is 0 Å². The van der Waals surface area contributed by atoms with Crippen molar-refractivity contribution >= 4 is 5.97 Å². The third-order valence-corrected chi connectivity index (χ3v) is 12.5. The molecule has 0 heterocycles. The Balaban J connectivity index is 1.64. The van der Waals surface area contributed by atoms with Crippen LogP contribution in [0.4, 0.5) is 0 Å². The van der Waals surface area contributed by atoms with E-state index in [1.807, 2.05) is 0 Å². The van der Waals surface area contributed by atoms with Gasteiger partial charge in [0.15, 0.2) is 0 Å². The second kappa shape index (κ2) is 9.34. The molecule has 3 N–H and O–H groups in total. The van der Waals surface area contributed by atoms with E-state index in [-0.39, 0.29) is 33.7 Å². The van der Waals surface area contributed by atoms with Crippen LogP contribution in [0.25, 0.3) is 0 Å². The minimum absolute atomic E-state index is 0.0274. The van der Waals surface area contributed by atoms with Gasteiger partial charge < -0.3 is 20.1 Å². The minimum Gasteiger partial charge on any atom is -0.462 e. The van der Waals surface area contributed by atoms with Crippen molar-refractivity contribution < 1.29 is 24.9 Å². The number of hydrogen-bond donors (Lipinski definition) is 3. The highest BCUT2D eigenvalue weighted by Crippen LogP contribution is 2.72. The Kier molecular flexibility index (Phi) is 7.34. The first kappa shape index (κ1) is 29.1. The lowest BCUT2D eigenvalue weighted by Crippen LogP contribution is -2.58. The average Bonchev–Trinajstić information content (AvgIpc) is 3.07. The van der Waals surface area contributed by atoms with Crippen molar-refractivity contribution in [3.63, 3.8) is 0 Å². The number of hydrogen-bond acceptors (Lipinski definition) is 5. The number of aliphatic hydroxyl groups excluding tert-OH is 2. The third-order valence-electron chi connectivity index (χ3n) is 12.5. The first-order valence-electron chi connectivity index (χ1n) is 14.9. The van der Waals surface area contributed by atoms with Crippen molar-refractivity contribution in [1.29, 1.82) is 0 Å². The Labute approximate surface area is 225 Å². The molecule has 0 radical (unpaired) electrons. The number of aliphatic hydroxyl groups is 3. The molecule has 2 fully saturated rings. The first-order valence-corrected chi connectivity index (χ1v) is 14.9. The van der Waals surface area contributed by atoms with Crippen molar-refractivity contribution in [2.24, 2.45) is 39.4 Å². The van der Waals surface area contributed by atoms with E-state index < -0.39 is 17.8 Å². The van der Waals surface area contributed by atoms with Crippen molar-refractivity contribution in [1.82, 2.24) is 0 Å². The molecule has 4 aliphatic rings. The maximum absolute atomic E-state index is 12.0. The maximum Gasteiger partial charge on any atom is 0.302 e. The molecule has 37 heavy (non-hydrogen) atoms. The minimum atomic E-state index is -1.09. The molecule has 9 atom stereocenters. The summed E-state index contributed by atoms with van der Waals surface area (Å²) in [5, 5.41) is 32.6. The van der Waals surface area contributed by atoms with Gasteiger partial charge in [-0.05, 0) is 100 Å². The lowest BCUT2D eigenvalue weighted by atomic mass is 9.42. The van der Waals surface area contributed by atoms with Crippen LogP contribution in [0.15, 0.2) is 11.1 Å². The van der Waals surface area contributed by atoms with E-state index in [1.54, 1.807) is 19.4 Å². The van der Waals surface area contributed by atoms with Gasteiger partial charge in [-0.1, -0.05) is 52.7 Å². The van der Waals surface area contributed by atoms with Gasteiger partial charge in [-0.15, -0.1) is 0 Å². The normalized spacial score (nSPS) is 42.9. The fraction of sp³-hybridized carbons (Fsp3) is 0.906. The van der Waals surface area contributed by atoms with Crippen LogP contribution in [0.1, 0.15) is 120 Å². The zero-order valence-electron chi connectivity index (χ0n) is 25.0. The van der Waals surface area contributed by atoms with E-state index >= 15 is 0 Å². The zero-order chi connectivity index (χ0) is 27.8. The fourth-order valence-corrected chi connectivity index (χ4v) is 10.0. The molecule has 0 bridgehead atoms. The van der Waals surface area contributed by atoms with Crippen LogP contribution in [-0.4, -0.2) is 45.2 Å². The molecule has 0 unspecified atom stereocenters. The number of fused-ring (bicyclic) bond motifs is 4. The fourth-order valence-electron chi connectivity index (χ4n) is 10.0. The van der Waals surface area contributed by atoms with Gasteiger partial charge in [0.25, 0.3) is 0 Å². The van der Waals surface area contributed by atoms with Gasteiger partial charge in [-0.3, -0.25) is 4.79 Å². The summed E-state index contributed by atoms with van der Waals surface area (Å²) >= 11 is 0. The maximum atomic E-state index is 12.0. The molecule has 0 aliphatic heterocycles. The second-order valence-electron chi connectivity index (χ2n) is 15.1. The Morgan fingerprint density at radius 2 is 1.70 bits per heavy atom. The number of esters is 1. The van der Waals surface area contributed by atoms with Gasteiger partial charge in [-0.25, -0.2) is 0 Å². The molecule has 0 aromatic heterocycles. The SMILES string of the molecule is CC(=O)O[C@H]1CC[C@]2(C)C3=C(CC[C@H]2C1(C)C)[C@]1(C)CC[C@H]([C@H](C)CC[C@H](O)C(C)(C)O)[C@@]1(C)[C@H](O)C3. The molecule has 5 nitrogen and oxygen atoms in total. The monoisotopic (exact) mass is 518 g/mol. The van der Waals surface area contributed by atoms with Crippen molar-refractivity contribution in [3.05, 3.63) is 11.1 Å². The molecule has 0 amide bonds. The summed E-state index contributed by atoms with van der Waals surface area (Å²) in [5.74, 6) is 0.995. The molecule has 0 aromatic carbocycles. The predicted molar refractivity (Wildman–Crippen MR) is 147 cm³/mol. The molecule has 0 aromatic rings. The van der Waals surface area contributed by atoms with E-state index in [2.05, 4.69) is 41.5 Å². The highest BCUT2D eigenvalue weighted by Gasteiger charge is 2.66. The highest BCUT2D eigenvalue weighted by molar-refractivity contribution is 5.66. The van der Waals surface area contributed by atoms with Gasteiger partial charge in [0.05, 0.1) is 17.8 Å². The number of carbonyl (C=O) groups is 1.